The fourth-order valence-electron chi connectivity index (χ4n) is 2.59. The molecule has 1 fully saturated rings. The smallest absolute Gasteiger partial charge is 0.307 e. The summed E-state index contributed by atoms with van der Waals surface area (Å²) in [5.41, 5.74) is -0.395. The molecular formula is C15H27NO3. The van der Waals surface area contributed by atoms with Crippen LogP contribution in [0.15, 0.2) is 0 Å². The largest absolute Gasteiger partial charge is 0.469 e. The minimum Gasteiger partial charge on any atom is -0.469 e. The number of amides is 1. The van der Waals surface area contributed by atoms with Crippen molar-refractivity contribution in [3.05, 3.63) is 0 Å². The van der Waals surface area contributed by atoms with Crippen molar-refractivity contribution in [3.8, 4) is 0 Å². The van der Waals surface area contributed by atoms with E-state index in [2.05, 4.69) is 4.74 Å². The summed E-state index contributed by atoms with van der Waals surface area (Å²) >= 11 is 0. The average molecular weight is 269 g/mol. The van der Waals surface area contributed by atoms with E-state index in [0.29, 0.717) is 12.6 Å². The molecule has 0 aromatic carbocycles. The van der Waals surface area contributed by atoms with Crippen LogP contribution in [0.1, 0.15) is 59.3 Å². The van der Waals surface area contributed by atoms with Crippen LogP contribution in [-0.2, 0) is 14.3 Å². The Hall–Kier alpha value is -1.06. The van der Waals surface area contributed by atoms with E-state index in [9.17, 15) is 9.59 Å². The summed E-state index contributed by atoms with van der Waals surface area (Å²) in [6.07, 6.45) is 6.01. The van der Waals surface area contributed by atoms with Gasteiger partial charge in [-0.05, 0) is 12.8 Å². The first-order chi connectivity index (χ1) is 8.86. The number of carbonyl (C=O) groups excluding carboxylic acids is 2. The quantitative estimate of drug-likeness (QED) is 0.737. The molecule has 0 saturated heterocycles. The number of methoxy groups -OCH3 is 1. The molecule has 0 heterocycles. The Morgan fingerprint density at radius 1 is 1.16 bits per heavy atom. The summed E-state index contributed by atoms with van der Waals surface area (Å²) in [6.45, 7) is 6.28. The molecule has 1 amide bonds. The minimum absolute atomic E-state index is 0.142. The van der Waals surface area contributed by atoms with Gasteiger partial charge in [-0.25, -0.2) is 0 Å². The lowest BCUT2D eigenvalue weighted by atomic mass is 9.89. The molecule has 0 bridgehead atoms. The first-order valence-corrected chi connectivity index (χ1v) is 7.24. The molecule has 110 valence electrons. The second-order valence-electron chi connectivity index (χ2n) is 6.37. The van der Waals surface area contributed by atoms with Crippen LogP contribution in [0.4, 0.5) is 0 Å². The molecule has 1 aliphatic carbocycles. The molecule has 1 aliphatic rings. The summed E-state index contributed by atoms with van der Waals surface area (Å²) in [6, 6.07) is 0.296. The summed E-state index contributed by atoms with van der Waals surface area (Å²) in [5.74, 6) is -0.106. The second kappa shape index (κ2) is 6.92. The highest BCUT2D eigenvalue weighted by atomic mass is 16.5. The maximum absolute atomic E-state index is 12.5. The molecule has 0 atom stereocenters. The lowest BCUT2D eigenvalue weighted by molar-refractivity contribution is -0.145. The van der Waals surface area contributed by atoms with Gasteiger partial charge in [-0.15, -0.1) is 0 Å². The van der Waals surface area contributed by atoms with Gasteiger partial charge in [0.1, 0.15) is 0 Å². The van der Waals surface area contributed by atoms with Crippen LogP contribution in [0, 0.1) is 5.41 Å². The van der Waals surface area contributed by atoms with Gasteiger partial charge in [0.2, 0.25) is 5.91 Å². The topological polar surface area (TPSA) is 46.6 Å². The SMILES string of the molecule is COC(=O)CCN(C(=O)C(C)(C)C)C1CCCCC1. The molecule has 1 saturated carbocycles. The number of hydrogen-bond donors (Lipinski definition) is 0. The molecule has 0 aliphatic heterocycles. The van der Waals surface area contributed by atoms with Crippen molar-refractivity contribution in [2.75, 3.05) is 13.7 Å². The molecule has 4 heteroatoms. The van der Waals surface area contributed by atoms with Crippen molar-refractivity contribution in [2.45, 2.75) is 65.3 Å². The van der Waals surface area contributed by atoms with E-state index in [1.54, 1.807) is 0 Å². The van der Waals surface area contributed by atoms with E-state index in [4.69, 9.17) is 0 Å². The van der Waals surface area contributed by atoms with E-state index in [0.717, 1.165) is 12.8 Å². The fraction of sp³-hybridized carbons (Fsp3) is 0.867. The Balaban J connectivity index is 2.71. The summed E-state index contributed by atoms with van der Waals surface area (Å²) < 4.78 is 4.68. The third kappa shape index (κ3) is 4.84. The van der Waals surface area contributed by atoms with Crippen LogP contribution in [-0.4, -0.2) is 36.5 Å². The predicted octanol–water partition coefficient (Wildman–Crippen LogP) is 2.76. The number of nitrogens with zero attached hydrogens (tertiary/aromatic N) is 1. The van der Waals surface area contributed by atoms with Gasteiger partial charge in [0.05, 0.1) is 13.5 Å². The fourth-order valence-corrected chi connectivity index (χ4v) is 2.59. The standard InChI is InChI=1S/C15H27NO3/c1-15(2,3)14(18)16(11-10-13(17)19-4)12-8-6-5-7-9-12/h12H,5-11H2,1-4H3. The third-order valence-electron chi connectivity index (χ3n) is 3.70. The summed E-state index contributed by atoms with van der Waals surface area (Å²) in [5, 5.41) is 0. The highest BCUT2D eigenvalue weighted by Gasteiger charge is 2.32. The third-order valence-corrected chi connectivity index (χ3v) is 3.70. The highest BCUT2D eigenvalue weighted by Crippen LogP contribution is 2.27. The van der Waals surface area contributed by atoms with Crippen molar-refractivity contribution >= 4 is 11.9 Å². The molecule has 4 nitrogen and oxygen atoms in total. The lowest BCUT2D eigenvalue weighted by Gasteiger charge is -2.38. The van der Waals surface area contributed by atoms with Crippen LogP contribution in [0.2, 0.25) is 0 Å². The first kappa shape index (κ1) is 16.0. The van der Waals surface area contributed by atoms with Crippen molar-refractivity contribution in [3.63, 3.8) is 0 Å². The van der Waals surface area contributed by atoms with E-state index in [1.807, 2.05) is 25.7 Å². The van der Waals surface area contributed by atoms with E-state index >= 15 is 0 Å². The molecule has 0 aromatic rings. The molecule has 0 aromatic heterocycles. The van der Waals surface area contributed by atoms with Crippen LogP contribution < -0.4 is 0 Å². The van der Waals surface area contributed by atoms with Gasteiger partial charge in [-0.3, -0.25) is 9.59 Å². The molecule has 0 radical (unpaired) electrons. The van der Waals surface area contributed by atoms with Crippen LogP contribution in [0.3, 0.4) is 0 Å². The number of rotatable bonds is 4. The van der Waals surface area contributed by atoms with Crippen molar-refractivity contribution < 1.29 is 14.3 Å². The second-order valence-corrected chi connectivity index (χ2v) is 6.37. The maximum atomic E-state index is 12.5. The minimum atomic E-state index is -0.395. The van der Waals surface area contributed by atoms with Gasteiger partial charge < -0.3 is 9.64 Å². The molecular weight excluding hydrogens is 242 g/mol. The van der Waals surface area contributed by atoms with Gasteiger partial charge in [0.15, 0.2) is 0 Å². The zero-order chi connectivity index (χ0) is 14.5. The van der Waals surface area contributed by atoms with Crippen molar-refractivity contribution in [1.82, 2.24) is 4.90 Å². The van der Waals surface area contributed by atoms with Gasteiger partial charge in [-0.1, -0.05) is 40.0 Å². The Labute approximate surface area is 116 Å². The zero-order valence-electron chi connectivity index (χ0n) is 12.7. The predicted molar refractivity (Wildman–Crippen MR) is 74.7 cm³/mol. The van der Waals surface area contributed by atoms with Gasteiger partial charge in [-0.2, -0.15) is 0 Å². The Kier molecular flexibility index (Phi) is 5.83. The Morgan fingerprint density at radius 3 is 2.21 bits per heavy atom. The van der Waals surface area contributed by atoms with E-state index in [-0.39, 0.29) is 18.3 Å². The average Bonchev–Trinajstić information content (AvgIpc) is 2.38. The number of ether oxygens (including phenoxy) is 1. The van der Waals surface area contributed by atoms with Gasteiger partial charge in [0.25, 0.3) is 0 Å². The van der Waals surface area contributed by atoms with E-state index in [1.165, 1.54) is 26.4 Å². The van der Waals surface area contributed by atoms with Crippen LogP contribution in [0.5, 0.6) is 0 Å². The van der Waals surface area contributed by atoms with Gasteiger partial charge in [0, 0.05) is 18.0 Å². The molecule has 1 rings (SSSR count). The summed E-state index contributed by atoms with van der Waals surface area (Å²) in [4.78, 5) is 25.8. The molecule has 19 heavy (non-hydrogen) atoms. The Morgan fingerprint density at radius 2 is 1.74 bits per heavy atom. The maximum Gasteiger partial charge on any atom is 0.307 e. The Bertz CT molecular complexity index is 314. The molecule has 0 unspecified atom stereocenters. The van der Waals surface area contributed by atoms with Gasteiger partial charge >= 0.3 is 5.97 Å². The first-order valence-electron chi connectivity index (χ1n) is 7.24. The van der Waals surface area contributed by atoms with Crippen molar-refractivity contribution in [1.29, 1.82) is 0 Å². The number of carbonyl (C=O) groups is 2. The number of esters is 1. The zero-order valence-corrected chi connectivity index (χ0v) is 12.7. The van der Waals surface area contributed by atoms with E-state index < -0.39 is 5.41 Å². The summed E-state index contributed by atoms with van der Waals surface area (Å²) in [7, 11) is 1.39. The van der Waals surface area contributed by atoms with Crippen LogP contribution >= 0.6 is 0 Å². The van der Waals surface area contributed by atoms with Crippen molar-refractivity contribution in [2.24, 2.45) is 5.41 Å². The normalized spacial score (nSPS) is 17.1. The monoisotopic (exact) mass is 269 g/mol. The number of hydrogen-bond acceptors (Lipinski definition) is 3. The lowest BCUT2D eigenvalue weighted by Crippen LogP contribution is -2.47. The molecule has 0 N–H and O–H groups in total. The van der Waals surface area contributed by atoms with Crippen LogP contribution in [0.25, 0.3) is 0 Å². The highest BCUT2D eigenvalue weighted by molar-refractivity contribution is 5.82. The molecule has 0 spiro atoms.